The lowest BCUT2D eigenvalue weighted by atomic mass is 9.85. The van der Waals surface area contributed by atoms with E-state index >= 15 is 0 Å². The molecule has 1 heterocycles. The van der Waals surface area contributed by atoms with Gasteiger partial charge in [0.15, 0.2) is 0 Å². The van der Waals surface area contributed by atoms with E-state index in [1.165, 1.54) is 5.56 Å². The zero-order valence-corrected chi connectivity index (χ0v) is 11.5. The first-order valence-electron chi connectivity index (χ1n) is 6.89. The van der Waals surface area contributed by atoms with Gasteiger partial charge in [-0.3, -0.25) is 4.79 Å². The van der Waals surface area contributed by atoms with Gasteiger partial charge in [0.05, 0.1) is 6.04 Å². The van der Waals surface area contributed by atoms with Crippen molar-refractivity contribution in [3.05, 3.63) is 65.8 Å². The minimum absolute atomic E-state index is 0.00749. The van der Waals surface area contributed by atoms with Crippen LogP contribution in [0.4, 0.5) is 5.69 Å². The number of hydrogen-bond acceptors (Lipinski definition) is 2. The quantitative estimate of drug-likeness (QED) is 0.883. The third-order valence-electron chi connectivity index (χ3n) is 3.74. The number of amides is 1. The highest BCUT2D eigenvalue weighted by atomic mass is 16.1. The Labute approximate surface area is 119 Å². The van der Waals surface area contributed by atoms with E-state index in [9.17, 15) is 4.79 Å². The molecule has 102 valence electrons. The lowest BCUT2D eigenvalue weighted by molar-refractivity contribution is -0.117. The second-order valence-electron chi connectivity index (χ2n) is 5.27. The number of allylic oxidation sites excluding steroid dienone is 2. The summed E-state index contributed by atoms with van der Waals surface area (Å²) in [6, 6.07) is 8.37. The summed E-state index contributed by atoms with van der Waals surface area (Å²) in [5.41, 5.74) is 3.45. The van der Waals surface area contributed by atoms with Gasteiger partial charge in [-0.1, -0.05) is 42.0 Å². The van der Waals surface area contributed by atoms with E-state index in [1.54, 1.807) is 6.08 Å². The molecule has 1 aliphatic heterocycles. The van der Waals surface area contributed by atoms with Crippen LogP contribution in [0.2, 0.25) is 0 Å². The van der Waals surface area contributed by atoms with Crippen molar-refractivity contribution >= 4 is 11.6 Å². The van der Waals surface area contributed by atoms with Gasteiger partial charge in [-0.25, -0.2) is 0 Å². The number of carbonyl (C=O) groups is 1. The molecule has 3 heteroatoms. The first-order chi connectivity index (χ1) is 9.72. The largest absolute Gasteiger partial charge is 0.381 e. The number of fused-ring (bicyclic) bond motifs is 1. The minimum atomic E-state index is -0.00749. The fourth-order valence-electron chi connectivity index (χ4n) is 2.61. The lowest BCUT2D eigenvalue weighted by Gasteiger charge is -2.31. The molecule has 0 aromatic heterocycles. The van der Waals surface area contributed by atoms with Crippen LogP contribution in [0.1, 0.15) is 5.56 Å². The summed E-state index contributed by atoms with van der Waals surface area (Å²) >= 11 is 0. The van der Waals surface area contributed by atoms with E-state index < -0.39 is 0 Å². The Morgan fingerprint density at radius 3 is 2.70 bits per heavy atom. The van der Waals surface area contributed by atoms with Crippen molar-refractivity contribution in [2.75, 3.05) is 11.9 Å². The van der Waals surface area contributed by atoms with Gasteiger partial charge in [0.1, 0.15) is 0 Å². The number of benzene rings is 1. The summed E-state index contributed by atoms with van der Waals surface area (Å²) in [6.45, 7) is 2.76. The molecular formula is C17H18N2O. The van der Waals surface area contributed by atoms with E-state index in [1.807, 2.05) is 18.2 Å². The van der Waals surface area contributed by atoms with Crippen LogP contribution in [-0.4, -0.2) is 18.5 Å². The summed E-state index contributed by atoms with van der Waals surface area (Å²) in [5.74, 6) is 0.252. The molecule has 1 aliphatic carbocycles. The summed E-state index contributed by atoms with van der Waals surface area (Å²) in [4.78, 5) is 11.7. The van der Waals surface area contributed by atoms with Gasteiger partial charge in [0, 0.05) is 24.2 Å². The van der Waals surface area contributed by atoms with Crippen LogP contribution >= 0.6 is 0 Å². The van der Waals surface area contributed by atoms with Gasteiger partial charge >= 0.3 is 0 Å². The van der Waals surface area contributed by atoms with Crippen molar-refractivity contribution < 1.29 is 4.79 Å². The van der Waals surface area contributed by atoms with E-state index in [2.05, 4.69) is 47.9 Å². The molecule has 2 unspecified atom stereocenters. The van der Waals surface area contributed by atoms with Gasteiger partial charge in [-0.15, -0.1) is 0 Å². The molecule has 0 fully saturated rings. The SMILES string of the molecule is Cc1ccc(NCC2=CC(=O)NC3C=CC=CC23)cc1. The highest BCUT2D eigenvalue weighted by Gasteiger charge is 2.27. The normalized spacial score (nSPS) is 23.9. The summed E-state index contributed by atoms with van der Waals surface area (Å²) < 4.78 is 0. The number of hydrogen-bond donors (Lipinski definition) is 2. The van der Waals surface area contributed by atoms with Crippen LogP contribution in [0.15, 0.2) is 60.2 Å². The maximum Gasteiger partial charge on any atom is 0.244 e. The molecule has 3 nitrogen and oxygen atoms in total. The number of rotatable bonds is 3. The van der Waals surface area contributed by atoms with Gasteiger partial charge < -0.3 is 10.6 Å². The Bertz CT molecular complexity index is 596. The van der Waals surface area contributed by atoms with Crippen LogP contribution in [0.5, 0.6) is 0 Å². The third kappa shape index (κ3) is 2.67. The number of nitrogens with one attached hydrogen (secondary N) is 2. The summed E-state index contributed by atoms with van der Waals surface area (Å²) in [5, 5.41) is 6.36. The molecule has 0 saturated heterocycles. The van der Waals surface area contributed by atoms with Gasteiger partial charge in [-0.05, 0) is 24.6 Å². The van der Waals surface area contributed by atoms with Crippen LogP contribution in [0, 0.1) is 12.8 Å². The Hall–Kier alpha value is -2.29. The second kappa shape index (κ2) is 5.37. The summed E-state index contributed by atoms with van der Waals surface area (Å²) in [7, 11) is 0. The first kappa shape index (κ1) is 12.7. The van der Waals surface area contributed by atoms with E-state index in [0.717, 1.165) is 11.3 Å². The van der Waals surface area contributed by atoms with Gasteiger partial charge in [0.25, 0.3) is 0 Å². The van der Waals surface area contributed by atoms with E-state index in [0.29, 0.717) is 6.54 Å². The number of aryl methyl sites for hydroxylation is 1. The minimum Gasteiger partial charge on any atom is -0.381 e. The fourth-order valence-corrected chi connectivity index (χ4v) is 2.61. The molecule has 3 rings (SSSR count). The van der Waals surface area contributed by atoms with Crippen molar-refractivity contribution in [3.63, 3.8) is 0 Å². The zero-order valence-electron chi connectivity index (χ0n) is 11.5. The van der Waals surface area contributed by atoms with Crippen LogP contribution in [0.25, 0.3) is 0 Å². The van der Waals surface area contributed by atoms with Crippen molar-refractivity contribution in [2.24, 2.45) is 5.92 Å². The topological polar surface area (TPSA) is 41.1 Å². The predicted molar refractivity (Wildman–Crippen MR) is 81.5 cm³/mol. The van der Waals surface area contributed by atoms with Crippen molar-refractivity contribution in [1.82, 2.24) is 5.32 Å². The smallest absolute Gasteiger partial charge is 0.244 e. The first-order valence-corrected chi connectivity index (χ1v) is 6.89. The molecule has 2 atom stereocenters. The average molecular weight is 266 g/mol. The molecule has 0 radical (unpaired) electrons. The van der Waals surface area contributed by atoms with Gasteiger partial charge in [-0.2, -0.15) is 0 Å². The van der Waals surface area contributed by atoms with Crippen LogP contribution in [-0.2, 0) is 4.79 Å². The molecule has 0 bridgehead atoms. The molecule has 0 saturated carbocycles. The lowest BCUT2D eigenvalue weighted by Crippen LogP contribution is -2.44. The Morgan fingerprint density at radius 2 is 1.90 bits per heavy atom. The standard InChI is InChI=1S/C17H18N2O/c1-12-6-8-14(9-7-12)18-11-13-10-17(20)19-16-5-3-2-4-15(13)16/h2-10,15-16,18H,11H2,1H3,(H,19,20). The highest BCUT2D eigenvalue weighted by molar-refractivity contribution is 5.90. The van der Waals surface area contributed by atoms with Crippen LogP contribution in [0.3, 0.4) is 0 Å². The molecule has 1 aromatic carbocycles. The Kier molecular flexibility index (Phi) is 3.42. The molecule has 20 heavy (non-hydrogen) atoms. The molecule has 2 N–H and O–H groups in total. The maximum atomic E-state index is 11.7. The van der Waals surface area contributed by atoms with Crippen molar-refractivity contribution in [1.29, 1.82) is 0 Å². The maximum absolute atomic E-state index is 11.7. The fraction of sp³-hybridized carbons (Fsp3) is 0.235. The monoisotopic (exact) mass is 266 g/mol. The third-order valence-corrected chi connectivity index (χ3v) is 3.74. The molecule has 0 spiro atoms. The number of anilines is 1. The van der Waals surface area contributed by atoms with Crippen molar-refractivity contribution in [2.45, 2.75) is 13.0 Å². The Morgan fingerprint density at radius 1 is 1.15 bits per heavy atom. The average Bonchev–Trinajstić information content (AvgIpc) is 2.46. The highest BCUT2D eigenvalue weighted by Crippen LogP contribution is 2.25. The predicted octanol–water partition coefficient (Wildman–Crippen LogP) is 2.57. The van der Waals surface area contributed by atoms with Crippen molar-refractivity contribution in [3.8, 4) is 0 Å². The second-order valence-corrected chi connectivity index (χ2v) is 5.27. The van der Waals surface area contributed by atoms with E-state index in [4.69, 9.17) is 0 Å². The molecule has 1 aromatic rings. The van der Waals surface area contributed by atoms with Crippen LogP contribution < -0.4 is 10.6 Å². The van der Waals surface area contributed by atoms with Gasteiger partial charge in [0.2, 0.25) is 5.91 Å². The summed E-state index contributed by atoms with van der Waals surface area (Å²) in [6.07, 6.45) is 9.93. The Balaban J connectivity index is 1.72. The number of carbonyl (C=O) groups excluding carboxylic acids is 1. The van der Waals surface area contributed by atoms with E-state index in [-0.39, 0.29) is 17.9 Å². The molecule has 1 amide bonds. The zero-order chi connectivity index (χ0) is 13.9. The molecule has 2 aliphatic rings. The molecular weight excluding hydrogens is 248 g/mol.